The predicted molar refractivity (Wildman–Crippen MR) is 84.8 cm³/mol. The van der Waals surface area contributed by atoms with E-state index in [1.807, 2.05) is 19.1 Å². The summed E-state index contributed by atoms with van der Waals surface area (Å²) in [7, 11) is 0. The second-order valence-electron chi connectivity index (χ2n) is 4.38. The van der Waals surface area contributed by atoms with Gasteiger partial charge in [-0.3, -0.25) is 4.79 Å². The highest BCUT2D eigenvalue weighted by Gasteiger charge is 2.16. The van der Waals surface area contributed by atoms with Gasteiger partial charge in [-0.2, -0.15) is 0 Å². The SMILES string of the molecule is CC(C(=O)Nc1cnc(Cl)c(Br)c1)c1cccc(N)c1. The van der Waals surface area contributed by atoms with Crippen molar-refractivity contribution in [1.29, 1.82) is 0 Å². The molecule has 0 spiro atoms. The molecule has 0 aliphatic rings. The van der Waals surface area contributed by atoms with Crippen molar-refractivity contribution in [2.45, 2.75) is 12.8 Å². The van der Waals surface area contributed by atoms with Crippen molar-refractivity contribution in [3.05, 3.63) is 51.7 Å². The van der Waals surface area contributed by atoms with Crippen LogP contribution in [-0.2, 0) is 4.79 Å². The zero-order valence-corrected chi connectivity index (χ0v) is 13.1. The summed E-state index contributed by atoms with van der Waals surface area (Å²) in [6.07, 6.45) is 1.51. The lowest BCUT2D eigenvalue weighted by Crippen LogP contribution is -2.19. The van der Waals surface area contributed by atoms with Gasteiger partial charge in [-0.1, -0.05) is 23.7 Å². The van der Waals surface area contributed by atoms with E-state index in [0.717, 1.165) is 5.56 Å². The number of nitrogen functional groups attached to an aromatic ring is 1. The molecule has 20 heavy (non-hydrogen) atoms. The number of carbonyl (C=O) groups is 1. The molecule has 0 radical (unpaired) electrons. The fourth-order valence-corrected chi connectivity index (χ4v) is 2.17. The Morgan fingerprint density at radius 3 is 2.85 bits per heavy atom. The molecule has 1 heterocycles. The number of hydrogen-bond acceptors (Lipinski definition) is 3. The topological polar surface area (TPSA) is 68.0 Å². The molecule has 0 aliphatic carbocycles. The molecule has 4 nitrogen and oxygen atoms in total. The van der Waals surface area contributed by atoms with Gasteiger partial charge in [0.15, 0.2) is 0 Å². The minimum Gasteiger partial charge on any atom is -0.399 e. The fraction of sp³-hybridized carbons (Fsp3) is 0.143. The van der Waals surface area contributed by atoms with E-state index in [1.54, 1.807) is 18.2 Å². The molecule has 3 N–H and O–H groups in total. The molecule has 0 aliphatic heterocycles. The zero-order valence-electron chi connectivity index (χ0n) is 10.7. The zero-order chi connectivity index (χ0) is 14.7. The normalized spacial score (nSPS) is 11.9. The van der Waals surface area contributed by atoms with Gasteiger partial charge in [0.05, 0.1) is 22.3 Å². The number of anilines is 2. The Bertz CT molecular complexity index is 648. The molecule has 6 heteroatoms. The van der Waals surface area contributed by atoms with Gasteiger partial charge in [0, 0.05) is 5.69 Å². The van der Waals surface area contributed by atoms with Crippen LogP contribution >= 0.6 is 27.5 Å². The third-order valence-corrected chi connectivity index (χ3v) is 4.00. The van der Waals surface area contributed by atoms with E-state index in [9.17, 15) is 4.79 Å². The van der Waals surface area contributed by atoms with E-state index >= 15 is 0 Å². The van der Waals surface area contributed by atoms with E-state index in [4.69, 9.17) is 17.3 Å². The van der Waals surface area contributed by atoms with Crippen molar-refractivity contribution in [2.24, 2.45) is 0 Å². The number of carbonyl (C=O) groups excluding carboxylic acids is 1. The van der Waals surface area contributed by atoms with Gasteiger partial charge in [0.2, 0.25) is 5.91 Å². The Morgan fingerprint density at radius 1 is 1.45 bits per heavy atom. The maximum atomic E-state index is 12.2. The Hall–Kier alpha value is -1.59. The predicted octanol–water partition coefficient (Wildman–Crippen LogP) is 3.82. The Kier molecular flexibility index (Phi) is 4.62. The first kappa shape index (κ1) is 14.8. The second kappa shape index (κ2) is 6.24. The summed E-state index contributed by atoms with van der Waals surface area (Å²) in [6, 6.07) is 8.99. The number of nitrogens with one attached hydrogen (secondary N) is 1. The minimum atomic E-state index is -0.312. The number of pyridine rings is 1. The van der Waals surface area contributed by atoms with Gasteiger partial charge >= 0.3 is 0 Å². The number of hydrogen-bond donors (Lipinski definition) is 2. The third-order valence-electron chi connectivity index (χ3n) is 2.87. The van der Waals surface area contributed by atoms with Gasteiger partial charge in [-0.05, 0) is 46.6 Å². The van der Waals surface area contributed by atoms with E-state index in [2.05, 4.69) is 26.2 Å². The van der Waals surface area contributed by atoms with E-state index in [0.29, 0.717) is 21.0 Å². The molecule has 1 amide bonds. The van der Waals surface area contributed by atoms with Crippen molar-refractivity contribution in [3.8, 4) is 0 Å². The van der Waals surface area contributed by atoms with Crippen LogP contribution in [0.2, 0.25) is 5.15 Å². The highest BCUT2D eigenvalue weighted by atomic mass is 79.9. The number of rotatable bonds is 3. The summed E-state index contributed by atoms with van der Waals surface area (Å²) in [5.74, 6) is -0.445. The molecule has 0 bridgehead atoms. The van der Waals surface area contributed by atoms with Crippen LogP contribution in [0.1, 0.15) is 18.4 Å². The smallest absolute Gasteiger partial charge is 0.231 e. The monoisotopic (exact) mass is 353 g/mol. The van der Waals surface area contributed by atoms with E-state index < -0.39 is 0 Å². The maximum Gasteiger partial charge on any atom is 0.231 e. The molecule has 1 aromatic carbocycles. The van der Waals surface area contributed by atoms with Gasteiger partial charge in [-0.25, -0.2) is 4.98 Å². The second-order valence-corrected chi connectivity index (χ2v) is 5.59. The van der Waals surface area contributed by atoms with E-state index in [-0.39, 0.29) is 11.8 Å². The van der Waals surface area contributed by atoms with Crippen LogP contribution in [0.4, 0.5) is 11.4 Å². The molecule has 104 valence electrons. The Morgan fingerprint density at radius 2 is 2.20 bits per heavy atom. The summed E-state index contributed by atoms with van der Waals surface area (Å²) in [4.78, 5) is 16.2. The van der Waals surface area contributed by atoms with Gasteiger partial charge in [0.25, 0.3) is 0 Å². The van der Waals surface area contributed by atoms with Gasteiger partial charge < -0.3 is 11.1 Å². The average molecular weight is 355 g/mol. The molecule has 2 rings (SSSR count). The molecule has 0 saturated heterocycles. The largest absolute Gasteiger partial charge is 0.399 e. The first-order valence-electron chi connectivity index (χ1n) is 5.94. The van der Waals surface area contributed by atoms with Crippen LogP contribution < -0.4 is 11.1 Å². The van der Waals surface area contributed by atoms with Crippen LogP contribution in [0, 0.1) is 0 Å². The number of nitrogens with two attached hydrogens (primary N) is 1. The molecular weight excluding hydrogens is 342 g/mol. The van der Waals surface area contributed by atoms with Crippen LogP contribution in [0.15, 0.2) is 41.0 Å². The molecule has 1 aromatic heterocycles. The molecule has 2 aromatic rings. The van der Waals surface area contributed by atoms with Crippen molar-refractivity contribution in [3.63, 3.8) is 0 Å². The molecule has 0 saturated carbocycles. The Labute approximate surface area is 130 Å². The first-order chi connectivity index (χ1) is 9.47. The molecule has 1 unspecified atom stereocenters. The molecule has 1 atom stereocenters. The van der Waals surface area contributed by atoms with Crippen LogP contribution in [-0.4, -0.2) is 10.9 Å². The number of benzene rings is 1. The number of nitrogens with zero attached hydrogens (tertiary/aromatic N) is 1. The molecule has 0 fully saturated rings. The number of halogens is 2. The number of amides is 1. The molecular formula is C14H13BrClN3O. The van der Waals surface area contributed by atoms with Gasteiger partial charge in [-0.15, -0.1) is 0 Å². The summed E-state index contributed by atoms with van der Waals surface area (Å²) < 4.78 is 0.633. The lowest BCUT2D eigenvalue weighted by Gasteiger charge is -2.13. The van der Waals surface area contributed by atoms with Crippen molar-refractivity contribution >= 4 is 44.8 Å². The van der Waals surface area contributed by atoms with Crippen molar-refractivity contribution < 1.29 is 4.79 Å². The summed E-state index contributed by atoms with van der Waals surface area (Å²) in [5, 5.41) is 3.15. The van der Waals surface area contributed by atoms with Crippen LogP contribution in [0.3, 0.4) is 0 Å². The average Bonchev–Trinajstić information content (AvgIpc) is 2.42. The Balaban J connectivity index is 2.13. The summed E-state index contributed by atoms with van der Waals surface area (Å²) in [5.41, 5.74) is 7.81. The standard InChI is InChI=1S/C14H13BrClN3O/c1-8(9-3-2-4-10(17)5-9)14(20)19-11-6-12(15)13(16)18-7-11/h2-8H,17H2,1H3,(H,19,20). The van der Waals surface area contributed by atoms with Crippen LogP contribution in [0.25, 0.3) is 0 Å². The number of aromatic nitrogens is 1. The fourth-order valence-electron chi connectivity index (χ4n) is 1.72. The highest BCUT2D eigenvalue weighted by Crippen LogP contribution is 2.24. The maximum absolute atomic E-state index is 12.2. The highest BCUT2D eigenvalue weighted by molar-refractivity contribution is 9.10. The quantitative estimate of drug-likeness (QED) is 0.650. The first-order valence-corrected chi connectivity index (χ1v) is 7.12. The summed E-state index contributed by atoms with van der Waals surface area (Å²) >= 11 is 9.07. The minimum absolute atomic E-state index is 0.133. The summed E-state index contributed by atoms with van der Waals surface area (Å²) in [6.45, 7) is 1.82. The van der Waals surface area contributed by atoms with Crippen molar-refractivity contribution in [1.82, 2.24) is 4.98 Å². The lowest BCUT2D eigenvalue weighted by molar-refractivity contribution is -0.117. The van der Waals surface area contributed by atoms with E-state index in [1.165, 1.54) is 6.20 Å². The van der Waals surface area contributed by atoms with Crippen LogP contribution in [0.5, 0.6) is 0 Å². The van der Waals surface area contributed by atoms with Crippen molar-refractivity contribution in [2.75, 3.05) is 11.1 Å². The third kappa shape index (κ3) is 3.49. The lowest BCUT2D eigenvalue weighted by atomic mass is 10.00. The van der Waals surface area contributed by atoms with Gasteiger partial charge in [0.1, 0.15) is 5.15 Å².